The fourth-order valence-electron chi connectivity index (χ4n) is 2.25. The van der Waals surface area contributed by atoms with Crippen LogP contribution in [-0.2, 0) is 4.79 Å². The third kappa shape index (κ3) is 3.38. The number of piperidine rings is 1. The third-order valence-electron chi connectivity index (χ3n) is 3.26. The Labute approximate surface area is 121 Å². The highest BCUT2D eigenvalue weighted by Gasteiger charge is 2.23. The zero-order valence-electron chi connectivity index (χ0n) is 10.5. The molecule has 0 saturated carbocycles. The van der Waals surface area contributed by atoms with Gasteiger partial charge in [0.05, 0.1) is 5.02 Å². The smallest absolute Gasteiger partial charge is 0.220 e. The fourth-order valence-corrected chi connectivity index (χ4v) is 2.95. The lowest BCUT2D eigenvalue weighted by molar-refractivity contribution is -0.122. The third-order valence-corrected chi connectivity index (χ3v) is 3.98. The maximum absolute atomic E-state index is 13.5. The summed E-state index contributed by atoms with van der Waals surface area (Å²) in [6.07, 6.45) is 1.25. The average molecular weight is 305 g/mol. The molecule has 1 saturated heterocycles. The number of carbonyl (C=O) groups excluding carboxylic acids is 1. The highest BCUT2D eigenvalue weighted by atomic mass is 35.5. The molecule has 0 aliphatic carbocycles. The van der Waals surface area contributed by atoms with E-state index in [-0.39, 0.29) is 23.0 Å². The maximum Gasteiger partial charge on any atom is 0.220 e. The first-order valence-electron chi connectivity index (χ1n) is 6.15. The van der Waals surface area contributed by atoms with Crippen molar-refractivity contribution < 1.29 is 9.18 Å². The van der Waals surface area contributed by atoms with Crippen LogP contribution in [0.3, 0.4) is 0 Å². The number of rotatable bonds is 3. The monoisotopic (exact) mass is 304 g/mol. The molecule has 1 fully saturated rings. The summed E-state index contributed by atoms with van der Waals surface area (Å²) in [6.45, 7) is 2.44. The molecule has 0 bridgehead atoms. The quantitative estimate of drug-likeness (QED) is 0.843. The molecule has 6 heteroatoms. The van der Waals surface area contributed by atoms with E-state index in [1.165, 1.54) is 12.1 Å². The second kappa shape index (κ2) is 6.07. The first kappa shape index (κ1) is 14.6. The van der Waals surface area contributed by atoms with Crippen molar-refractivity contribution in [2.45, 2.75) is 31.8 Å². The van der Waals surface area contributed by atoms with E-state index in [2.05, 4.69) is 10.6 Å². The lowest BCUT2D eigenvalue weighted by Crippen LogP contribution is -2.46. The van der Waals surface area contributed by atoms with Gasteiger partial charge in [-0.25, -0.2) is 4.39 Å². The SMILES string of the molecule is CC(NC1CCC(=O)NC1)c1c(Cl)ccc(F)c1Cl. The van der Waals surface area contributed by atoms with Gasteiger partial charge in [0.25, 0.3) is 0 Å². The van der Waals surface area contributed by atoms with Crippen molar-refractivity contribution >= 4 is 29.1 Å². The van der Waals surface area contributed by atoms with Crippen LogP contribution >= 0.6 is 23.2 Å². The van der Waals surface area contributed by atoms with Crippen molar-refractivity contribution in [2.24, 2.45) is 0 Å². The number of benzene rings is 1. The Morgan fingerprint density at radius 2 is 2.21 bits per heavy atom. The number of amides is 1. The van der Waals surface area contributed by atoms with Crippen LogP contribution in [-0.4, -0.2) is 18.5 Å². The Kier molecular flexibility index (Phi) is 4.66. The Hall–Kier alpha value is -0.840. The number of hydrogen-bond donors (Lipinski definition) is 2. The number of halogens is 3. The average Bonchev–Trinajstić information content (AvgIpc) is 2.37. The summed E-state index contributed by atoms with van der Waals surface area (Å²) in [5.74, 6) is -0.417. The van der Waals surface area contributed by atoms with E-state index < -0.39 is 5.82 Å². The maximum atomic E-state index is 13.5. The van der Waals surface area contributed by atoms with Crippen molar-refractivity contribution in [3.05, 3.63) is 33.6 Å². The van der Waals surface area contributed by atoms with Crippen LogP contribution in [0.1, 0.15) is 31.4 Å². The Balaban J connectivity index is 2.10. The van der Waals surface area contributed by atoms with Gasteiger partial charge in [-0.2, -0.15) is 0 Å². The minimum Gasteiger partial charge on any atom is -0.355 e. The van der Waals surface area contributed by atoms with Crippen LogP contribution in [0.15, 0.2) is 12.1 Å². The first-order valence-corrected chi connectivity index (χ1v) is 6.90. The summed E-state index contributed by atoms with van der Waals surface area (Å²) < 4.78 is 13.5. The molecule has 0 radical (unpaired) electrons. The van der Waals surface area contributed by atoms with Gasteiger partial charge in [-0.05, 0) is 25.5 Å². The van der Waals surface area contributed by atoms with Crippen LogP contribution in [0.2, 0.25) is 10.0 Å². The second-order valence-electron chi connectivity index (χ2n) is 4.68. The fraction of sp³-hybridized carbons (Fsp3) is 0.462. The predicted octanol–water partition coefficient (Wildman–Crippen LogP) is 3.06. The van der Waals surface area contributed by atoms with Gasteiger partial charge in [0.2, 0.25) is 5.91 Å². The van der Waals surface area contributed by atoms with E-state index >= 15 is 0 Å². The van der Waals surface area contributed by atoms with Gasteiger partial charge in [0.15, 0.2) is 0 Å². The van der Waals surface area contributed by atoms with E-state index in [4.69, 9.17) is 23.2 Å². The molecule has 1 aromatic carbocycles. The summed E-state index contributed by atoms with van der Waals surface area (Å²) in [5, 5.41) is 6.59. The minimum atomic E-state index is -0.480. The summed E-state index contributed by atoms with van der Waals surface area (Å²) in [5.41, 5.74) is 0.556. The minimum absolute atomic E-state index is 0.0485. The van der Waals surface area contributed by atoms with E-state index in [9.17, 15) is 9.18 Å². The largest absolute Gasteiger partial charge is 0.355 e. The highest BCUT2D eigenvalue weighted by Crippen LogP contribution is 2.32. The van der Waals surface area contributed by atoms with E-state index in [1.807, 2.05) is 6.92 Å². The first-order chi connectivity index (χ1) is 8.99. The van der Waals surface area contributed by atoms with E-state index in [0.29, 0.717) is 23.6 Å². The Morgan fingerprint density at radius 3 is 2.84 bits per heavy atom. The van der Waals surface area contributed by atoms with Crippen LogP contribution in [0.4, 0.5) is 4.39 Å². The molecule has 1 aliphatic heterocycles. The normalized spacial score (nSPS) is 21.1. The molecule has 2 unspecified atom stereocenters. The molecule has 0 spiro atoms. The lowest BCUT2D eigenvalue weighted by atomic mass is 10.0. The lowest BCUT2D eigenvalue weighted by Gasteiger charge is -2.28. The summed E-state index contributed by atoms with van der Waals surface area (Å²) >= 11 is 12.0. The molecular formula is C13H15Cl2FN2O. The molecular weight excluding hydrogens is 290 g/mol. The van der Waals surface area contributed by atoms with Crippen molar-refractivity contribution in [3.63, 3.8) is 0 Å². The zero-order chi connectivity index (χ0) is 14.0. The van der Waals surface area contributed by atoms with Crippen molar-refractivity contribution in [2.75, 3.05) is 6.54 Å². The van der Waals surface area contributed by atoms with Crippen LogP contribution in [0.5, 0.6) is 0 Å². The summed E-state index contributed by atoms with van der Waals surface area (Å²) in [4.78, 5) is 11.1. The Morgan fingerprint density at radius 1 is 1.47 bits per heavy atom. The van der Waals surface area contributed by atoms with Gasteiger partial charge < -0.3 is 10.6 Å². The molecule has 2 rings (SSSR count). The molecule has 3 nitrogen and oxygen atoms in total. The topological polar surface area (TPSA) is 41.1 Å². The van der Waals surface area contributed by atoms with Crippen LogP contribution < -0.4 is 10.6 Å². The molecule has 1 heterocycles. The summed E-state index contributed by atoms with van der Waals surface area (Å²) in [7, 11) is 0. The second-order valence-corrected chi connectivity index (χ2v) is 5.47. The van der Waals surface area contributed by atoms with Crippen molar-refractivity contribution in [1.29, 1.82) is 0 Å². The zero-order valence-corrected chi connectivity index (χ0v) is 12.0. The number of nitrogens with one attached hydrogen (secondary N) is 2. The van der Waals surface area contributed by atoms with Gasteiger partial charge in [0.1, 0.15) is 5.82 Å². The van der Waals surface area contributed by atoms with Gasteiger partial charge >= 0.3 is 0 Å². The van der Waals surface area contributed by atoms with Gasteiger partial charge in [-0.1, -0.05) is 23.2 Å². The molecule has 0 aromatic heterocycles. The van der Waals surface area contributed by atoms with E-state index in [1.54, 1.807) is 0 Å². The Bertz CT molecular complexity index is 486. The number of hydrogen-bond acceptors (Lipinski definition) is 2. The molecule has 2 N–H and O–H groups in total. The van der Waals surface area contributed by atoms with Crippen LogP contribution in [0.25, 0.3) is 0 Å². The standard InChI is InChI=1S/C13H15Cl2FN2O/c1-7(18-8-2-5-11(19)17-6-8)12-9(14)3-4-10(16)13(12)15/h3-4,7-8,18H,2,5-6H2,1H3,(H,17,19). The van der Waals surface area contributed by atoms with Crippen LogP contribution in [0, 0.1) is 5.82 Å². The van der Waals surface area contributed by atoms with Crippen molar-refractivity contribution in [3.8, 4) is 0 Å². The molecule has 19 heavy (non-hydrogen) atoms. The van der Waals surface area contributed by atoms with E-state index in [0.717, 1.165) is 6.42 Å². The number of carbonyl (C=O) groups is 1. The molecule has 1 aromatic rings. The van der Waals surface area contributed by atoms with Gasteiger partial charge in [0, 0.05) is 35.6 Å². The molecule has 1 amide bonds. The molecule has 1 aliphatic rings. The van der Waals surface area contributed by atoms with Crippen molar-refractivity contribution in [1.82, 2.24) is 10.6 Å². The van der Waals surface area contributed by atoms with Gasteiger partial charge in [-0.15, -0.1) is 0 Å². The van der Waals surface area contributed by atoms with Gasteiger partial charge in [-0.3, -0.25) is 4.79 Å². The predicted molar refractivity (Wildman–Crippen MR) is 74.0 cm³/mol. The highest BCUT2D eigenvalue weighted by molar-refractivity contribution is 6.36. The summed E-state index contributed by atoms with van der Waals surface area (Å²) in [6, 6.07) is 2.71. The molecule has 104 valence electrons. The molecule has 2 atom stereocenters.